The van der Waals surface area contributed by atoms with Gasteiger partial charge in [0.15, 0.2) is 11.5 Å². The average Bonchev–Trinajstić information content (AvgIpc) is 2.86. The molecule has 0 saturated heterocycles. The number of hydrogen-bond acceptors (Lipinski definition) is 6. The van der Waals surface area contributed by atoms with Gasteiger partial charge in [0.1, 0.15) is 6.61 Å². The number of esters is 1. The highest BCUT2D eigenvalue weighted by molar-refractivity contribution is 6.30. The Hall–Kier alpha value is -3.77. The normalized spacial score (nSPS) is 10.7. The first kappa shape index (κ1) is 22.4. The molecule has 4 rings (SSSR count). The third-order valence-electron chi connectivity index (χ3n) is 5.18. The Labute approximate surface area is 196 Å². The highest BCUT2D eigenvalue weighted by Gasteiger charge is 2.19. The molecule has 0 aliphatic carbocycles. The number of benzene rings is 3. The molecule has 0 fully saturated rings. The molecule has 0 radical (unpaired) electrons. The van der Waals surface area contributed by atoms with Crippen LogP contribution >= 0.6 is 11.6 Å². The topological polar surface area (TPSA) is 66.9 Å². The van der Waals surface area contributed by atoms with Gasteiger partial charge in [-0.1, -0.05) is 41.9 Å². The summed E-state index contributed by atoms with van der Waals surface area (Å²) in [7, 11) is 4.64. The van der Waals surface area contributed by atoms with Crippen LogP contribution in [0.4, 0.5) is 0 Å². The van der Waals surface area contributed by atoms with Gasteiger partial charge in [-0.15, -0.1) is 0 Å². The number of aromatic nitrogens is 1. The van der Waals surface area contributed by atoms with Crippen LogP contribution in [0, 0.1) is 0 Å². The van der Waals surface area contributed by atoms with Crippen molar-refractivity contribution in [3.05, 3.63) is 82.9 Å². The highest BCUT2D eigenvalue weighted by atomic mass is 35.5. The predicted molar refractivity (Wildman–Crippen MR) is 127 cm³/mol. The van der Waals surface area contributed by atoms with Crippen LogP contribution in [-0.4, -0.2) is 32.3 Å². The summed E-state index contributed by atoms with van der Waals surface area (Å²) >= 11 is 5.93. The van der Waals surface area contributed by atoms with E-state index in [9.17, 15) is 4.79 Å². The molecule has 6 nitrogen and oxygen atoms in total. The molecule has 3 aromatic carbocycles. The first-order valence-electron chi connectivity index (χ1n) is 10.2. The maximum atomic E-state index is 13.1. The van der Waals surface area contributed by atoms with Crippen LogP contribution in [0.3, 0.4) is 0 Å². The number of ether oxygens (including phenoxy) is 4. The van der Waals surface area contributed by atoms with Crippen molar-refractivity contribution in [1.29, 1.82) is 0 Å². The smallest absolute Gasteiger partial charge is 0.339 e. The lowest BCUT2D eigenvalue weighted by Gasteiger charge is -2.15. The Bertz CT molecular complexity index is 1280. The standard InChI is InChI=1S/C26H22ClNO5/c1-30-23-12-17(13-24(31-2)25(23)32-3)22-14-20(19-6-4-5-7-21(19)28-22)26(29)33-15-16-8-10-18(27)11-9-16/h4-14H,15H2,1-3H3. The van der Waals surface area contributed by atoms with Crippen LogP contribution in [0.25, 0.3) is 22.2 Å². The van der Waals surface area contributed by atoms with Crippen molar-refractivity contribution >= 4 is 28.5 Å². The molecule has 33 heavy (non-hydrogen) atoms. The zero-order valence-corrected chi connectivity index (χ0v) is 19.2. The van der Waals surface area contributed by atoms with E-state index in [2.05, 4.69) is 0 Å². The van der Waals surface area contributed by atoms with Crippen LogP contribution in [0.2, 0.25) is 5.02 Å². The molecule has 0 saturated carbocycles. The minimum absolute atomic E-state index is 0.131. The number of carbonyl (C=O) groups is 1. The Morgan fingerprint density at radius 2 is 1.55 bits per heavy atom. The van der Waals surface area contributed by atoms with Gasteiger partial charge >= 0.3 is 5.97 Å². The quantitative estimate of drug-likeness (QED) is 0.316. The first-order valence-corrected chi connectivity index (χ1v) is 10.5. The van der Waals surface area contributed by atoms with Crippen molar-refractivity contribution in [2.24, 2.45) is 0 Å². The van der Waals surface area contributed by atoms with Crippen molar-refractivity contribution in [3.8, 4) is 28.5 Å². The summed E-state index contributed by atoms with van der Waals surface area (Å²) in [6, 6.07) is 19.9. The van der Waals surface area contributed by atoms with E-state index in [0.29, 0.717) is 50.0 Å². The summed E-state index contributed by atoms with van der Waals surface area (Å²) in [5.41, 5.74) is 3.21. The van der Waals surface area contributed by atoms with Gasteiger partial charge in [-0.05, 0) is 42.0 Å². The molecular weight excluding hydrogens is 442 g/mol. The number of nitrogens with zero attached hydrogens (tertiary/aromatic N) is 1. The lowest BCUT2D eigenvalue weighted by molar-refractivity contribution is 0.0475. The number of pyridine rings is 1. The molecule has 0 atom stereocenters. The highest BCUT2D eigenvalue weighted by Crippen LogP contribution is 2.41. The van der Waals surface area contributed by atoms with Gasteiger partial charge in [0.05, 0.1) is 38.1 Å². The number of methoxy groups -OCH3 is 3. The van der Waals surface area contributed by atoms with E-state index in [-0.39, 0.29) is 6.61 Å². The van der Waals surface area contributed by atoms with Gasteiger partial charge in [0, 0.05) is 16.0 Å². The molecule has 0 bridgehead atoms. The summed E-state index contributed by atoms with van der Waals surface area (Å²) in [4.78, 5) is 17.8. The number of carbonyl (C=O) groups excluding carboxylic acids is 1. The zero-order chi connectivity index (χ0) is 23.4. The van der Waals surface area contributed by atoms with Gasteiger partial charge < -0.3 is 18.9 Å². The second-order valence-electron chi connectivity index (χ2n) is 7.19. The predicted octanol–water partition coefficient (Wildman–Crippen LogP) is 5.94. The van der Waals surface area contributed by atoms with E-state index in [1.807, 2.05) is 36.4 Å². The number of halogens is 1. The first-order chi connectivity index (χ1) is 16.0. The molecular formula is C26H22ClNO5. The minimum atomic E-state index is -0.447. The number of rotatable bonds is 7. The minimum Gasteiger partial charge on any atom is -0.493 e. The van der Waals surface area contributed by atoms with E-state index in [4.69, 9.17) is 35.5 Å². The number of para-hydroxylation sites is 1. The zero-order valence-electron chi connectivity index (χ0n) is 18.4. The molecule has 1 aromatic heterocycles. The Morgan fingerprint density at radius 1 is 0.879 bits per heavy atom. The van der Waals surface area contributed by atoms with Gasteiger partial charge in [-0.2, -0.15) is 0 Å². The van der Waals surface area contributed by atoms with Crippen molar-refractivity contribution in [3.63, 3.8) is 0 Å². The largest absolute Gasteiger partial charge is 0.493 e. The molecule has 4 aromatic rings. The fourth-order valence-corrected chi connectivity index (χ4v) is 3.65. The van der Waals surface area contributed by atoms with Gasteiger partial charge in [-0.25, -0.2) is 9.78 Å². The third-order valence-corrected chi connectivity index (χ3v) is 5.43. The molecule has 7 heteroatoms. The summed E-state index contributed by atoms with van der Waals surface area (Å²) in [6.45, 7) is 0.131. The van der Waals surface area contributed by atoms with Crippen LogP contribution in [0.1, 0.15) is 15.9 Å². The summed E-state index contributed by atoms with van der Waals surface area (Å²) in [6.07, 6.45) is 0. The van der Waals surface area contributed by atoms with Crippen LogP contribution < -0.4 is 14.2 Å². The van der Waals surface area contributed by atoms with Crippen molar-refractivity contribution in [2.45, 2.75) is 6.61 Å². The van der Waals surface area contributed by atoms with Crippen molar-refractivity contribution < 1.29 is 23.7 Å². The fourth-order valence-electron chi connectivity index (χ4n) is 3.53. The maximum Gasteiger partial charge on any atom is 0.339 e. The monoisotopic (exact) mass is 463 g/mol. The van der Waals surface area contributed by atoms with Gasteiger partial charge in [0.25, 0.3) is 0 Å². The lowest BCUT2D eigenvalue weighted by atomic mass is 10.0. The summed E-state index contributed by atoms with van der Waals surface area (Å²) in [5.74, 6) is 1.02. The molecule has 0 N–H and O–H groups in total. The maximum absolute atomic E-state index is 13.1. The molecule has 0 unspecified atom stereocenters. The Kier molecular flexibility index (Phi) is 6.66. The number of fused-ring (bicyclic) bond motifs is 1. The van der Waals surface area contributed by atoms with Crippen molar-refractivity contribution in [1.82, 2.24) is 4.98 Å². The Morgan fingerprint density at radius 3 is 2.18 bits per heavy atom. The summed E-state index contributed by atoms with van der Waals surface area (Å²) in [5, 5.41) is 1.33. The van der Waals surface area contributed by atoms with E-state index < -0.39 is 5.97 Å². The average molecular weight is 464 g/mol. The van der Waals surface area contributed by atoms with Crippen LogP contribution in [0.15, 0.2) is 66.7 Å². The lowest BCUT2D eigenvalue weighted by Crippen LogP contribution is -2.07. The van der Waals surface area contributed by atoms with Crippen LogP contribution in [0.5, 0.6) is 17.2 Å². The van der Waals surface area contributed by atoms with Gasteiger partial charge in [-0.3, -0.25) is 0 Å². The van der Waals surface area contributed by atoms with E-state index >= 15 is 0 Å². The SMILES string of the molecule is COc1cc(-c2cc(C(=O)OCc3ccc(Cl)cc3)c3ccccc3n2)cc(OC)c1OC. The molecule has 0 spiro atoms. The molecule has 0 aliphatic rings. The fraction of sp³-hybridized carbons (Fsp3) is 0.154. The second-order valence-corrected chi connectivity index (χ2v) is 7.63. The summed E-state index contributed by atoms with van der Waals surface area (Å²) < 4.78 is 21.9. The molecule has 0 aliphatic heterocycles. The Balaban J connectivity index is 1.76. The van der Waals surface area contributed by atoms with E-state index in [1.54, 1.807) is 51.7 Å². The third kappa shape index (κ3) is 4.71. The van der Waals surface area contributed by atoms with E-state index in [0.717, 1.165) is 5.56 Å². The number of hydrogen-bond donors (Lipinski definition) is 0. The van der Waals surface area contributed by atoms with Gasteiger partial charge in [0.2, 0.25) is 5.75 Å². The molecule has 0 amide bonds. The second kappa shape index (κ2) is 9.79. The van der Waals surface area contributed by atoms with E-state index in [1.165, 1.54) is 0 Å². The molecule has 168 valence electrons. The molecule has 1 heterocycles. The van der Waals surface area contributed by atoms with Crippen molar-refractivity contribution in [2.75, 3.05) is 21.3 Å². The van der Waals surface area contributed by atoms with Crippen LogP contribution in [-0.2, 0) is 11.3 Å².